The van der Waals surface area contributed by atoms with Crippen LogP contribution < -0.4 is 10.1 Å². The van der Waals surface area contributed by atoms with Crippen LogP contribution in [0.3, 0.4) is 0 Å². The van der Waals surface area contributed by atoms with Crippen LogP contribution in [0.15, 0.2) is 29.4 Å². The van der Waals surface area contributed by atoms with Crippen LogP contribution in [-0.4, -0.2) is 25.1 Å². The second-order valence-corrected chi connectivity index (χ2v) is 4.25. The van der Waals surface area contributed by atoms with Crippen molar-refractivity contribution in [2.45, 2.75) is 19.4 Å². The maximum atomic E-state index is 11.7. The van der Waals surface area contributed by atoms with Gasteiger partial charge in [-0.3, -0.25) is 4.79 Å². The van der Waals surface area contributed by atoms with Gasteiger partial charge in [-0.1, -0.05) is 22.8 Å². The van der Waals surface area contributed by atoms with Gasteiger partial charge in [-0.15, -0.1) is 0 Å². The average Bonchev–Trinajstić information content (AvgIpc) is 2.38. The summed E-state index contributed by atoms with van der Waals surface area (Å²) in [6.07, 6.45) is -0.0161. The molecule has 0 saturated heterocycles. The lowest BCUT2D eigenvalue weighted by Gasteiger charge is -2.14. The van der Waals surface area contributed by atoms with E-state index in [0.29, 0.717) is 30.3 Å². The molecular weight excluding hydrogens is 268 g/mol. The monoisotopic (exact) mass is 282 g/mol. The van der Waals surface area contributed by atoms with Gasteiger partial charge < -0.3 is 10.1 Å². The third-order valence-corrected chi connectivity index (χ3v) is 2.51. The Labute approximate surface area is 116 Å². The number of hydrogen-bond donors (Lipinski definition) is 1. The number of azide groups is 1. The standard InChI is InChI=1S/C12H15ClN4O2/c1-9(12(18)15-6-3-7-16-17-14)19-11-5-2-4-10(13)8-11/h2,4-5,8-9H,3,6-7H2,1H3,(H,15,18). The van der Waals surface area contributed by atoms with E-state index in [4.69, 9.17) is 21.9 Å². The zero-order valence-corrected chi connectivity index (χ0v) is 11.3. The Morgan fingerprint density at radius 1 is 1.63 bits per heavy atom. The Morgan fingerprint density at radius 2 is 2.42 bits per heavy atom. The topological polar surface area (TPSA) is 87.1 Å². The molecule has 0 aliphatic carbocycles. The normalized spacial score (nSPS) is 11.3. The first-order valence-corrected chi connectivity index (χ1v) is 6.22. The van der Waals surface area contributed by atoms with Crippen molar-refractivity contribution in [1.29, 1.82) is 0 Å². The average molecular weight is 283 g/mol. The van der Waals surface area contributed by atoms with Gasteiger partial charge in [0.25, 0.3) is 5.91 Å². The Kier molecular flexibility index (Phi) is 6.57. The highest BCUT2D eigenvalue weighted by Gasteiger charge is 2.13. The van der Waals surface area contributed by atoms with Gasteiger partial charge in [-0.2, -0.15) is 0 Å². The SMILES string of the molecule is CC(Oc1cccc(Cl)c1)C(=O)NCCCN=[N+]=[N-]. The molecule has 0 aromatic heterocycles. The maximum Gasteiger partial charge on any atom is 0.260 e. The molecule has 0 fully saturated rings. The summed E-state index contributed by atoms with van der Waals surface area (Å²) in [5, 5.41) is 6.63. The minimum absolute atomic E-state index is 0.221. The zero-order chi connectivity index (χ0) is 14.1. The number of nitrogens with one attached hydrogen (secondary N) is 1. The van der Waals surface area contributed by atoms with E-state index in [1.807, 2.05) is 0 Å². The van der Waals surface area contributed by atoms with Gasteiger partial charge in [0.05, 0.1) is 0 Å². The van der Waals surface area contributed by atoms with Gasteiger partial charge in [0, 0.05) is 23.0 Å². The highest BCUT2D eigenvalue weighted by atomic mass is 35.5. The molecule has 0 bridgehead atoms. The first-order chi connectivity index (χ1) is 9.13. The molecule has 1 unspecified atom stereocenters. The molecule has 1 atom stereocenters. The smallest absolute Gasteiger partial charge is 0.260 e. The van der Waals surface area contributed by atoms with Crippen molar-refractivity contribution in [2.75, 3.05) is 13.1 Å². The number of rotatable bonds is 7. The minimum Gasteiger partial charge on any atom is -0.481 e. The van der Waals surface area contributed by atoms with Crippen LogP contribution in [0.4, 0.5) is 0 Å². The predicted molar refractivity (Wildman–Crippen MR) is 73.2 cm³/mol. The summed E-state index contributed by atoms with van der Waals surface area (Å²) in [7, 11) is 0. The molecule has 0 radical (unpaired) electrons. The first-order valence-electron chi connectivity index (χ1n) is 5.84. The molecule has 102 valence electrons. The summed E-state index contributed by atoms with van der Waals surface area (Å²) >= 11 is 5.82. The highest BCUT2D eigenvalue weighted by Crippen LogP contribution is 2.18. The number of halogens is 1. The number of carbonyl (C=O) groups excluding carboxylic acids is 1. The van der Waals surface area contributed by atoms with E-state index in [9.17, 15) is 4.79 Å². The van der Waals surface area contributed by atoms with Crippen molar-refractivity contribution in [2.24, 2.45) is 5.11 Å². The second kappa shape index (κ2) is 8.24. The number of ether oxygens (including phenoxy) is 1. The summed E-state index contributed by atoms with van der Waals surface area (Å²) in [4.78, 5) is 14.3. The fourth-order valence-electron chi connectivity index (χ4n) is 1.35. The van der Waals surface area contributed by atoms with Crippen molar-refractivity contribution < 1.29 is 9.53 Å². The van der Waals surface area contributed by atoms with Crippen LogP contribution in [0.2, 0.25) is 5.02 Å². The fourth-order valence-corrected chi connectivity index (χ4v) is 1.53. The zero-order valence-electron chi connectivity index (χ0n) is 10.5. The number of nitrogens with zero attached hydrogens (tertiary/aromatic N) is 3. The highest BCUT2D eigenvalue weighted by molar-refractivity contribution is 6.30. The van der Waals surface area contributed by atoms with Gasteiger partial charge in [-0.25, -0.2) is 0 Å². The van der Waals surface area contributed by atoms with Crippen molar-refractivity contribution in [1.82, 2.24) is 5.32 Å². The maximum absolute atomic E-state index is 11.7. The molecule has 0 saturated carbocycles. The largest absolute Gasteiger partial charge is 0.481 e. The first kappa shape index (κ1) is 15.1. The van der Waals surface area contributed by atoms with Gasteiger partial charge in [0.2, 0.25) is 0 Å². The van der Waals surface area contributed by atoms with Crippen molar-refractivity contribution in [3.8, 4) is 5.75 Å². The lowest BCUT2D eigenvalue weighted by Crippen LogP contribution is -2.37. The summed E-state index contributed by atoms with van der Waals surface area (Å²) in [6.45, 7) is 2.46. The van der Waals surface area contributed by atoms with Crippen molar-refractivity contribution in [3.05, 3.63) is 39.7 Å². The number of hydrogen-bond acceptors (Lipinski definition) is 3. The lowest BCUT2D eigenvalue weighted by molar-refractivity contribution is -0.127. The van der Waals surface area contributed by atoms with Crippen LogP contribution in [0, 0.1) is 0 Å². The number of amides is 1. The molecule has 19 heavy (non-hydrogen) atoms. The molecule has 1 aromatic rings. The molecule has 0 spiro atoms. The van der Waals surface area contributed by atoms with Gasteiger partial charge in [-0.05, 0) is 37.1 Å². The van der Waals surface area contributed by atoms with Crippen molar-refractivity contribution >= 4 is 17.5 Å². The molecule has 1 N–H and O–H groups in total. The lowest BCUT2D eigenvalue weighted by atomic mass is 10.3. The molecular formula is C12H15ClN4O2. The van der Waals surface area contributed by atoms with Gasteiger partial charge in [0.15, 0.2) is 6.10 Å². The van der Waals surface area contributed by atoms with E-state index < -0.39 is 6.10 Å². The van der Waals surface area contributed by atoms with Gasteiger partial charge in [0.1, 0.15) is 5.75 Å². The van der Waals surface area contributed by atoms with E-state index in [2.05, 4.69) is 15.3 Å². The van der Waals surface area contributed by atoms with Crippen LogP contribution in [-0.2, 0) is 4.79 Å². The minimum atomic E-state index is -0.613. The van der Waals surface area contributed by atoms with Gasteiger partial charge >= 0.3 is 0 Å². The molecule has 6 nitrogen and oxygen atoms in total. The molecule has 0 heterocycles. The number of benzene rings is 1. The van der Waals surface area contributed by atoms with Crippen LogP contribution in [0.1, 0.15) is 13.3 Å². The molecule has 1 amide bonds. The second-order valence-electron chi connectivity index (χ2n) is 3.82. The molecule has 1 aromatic carbocycles. The third-order valence-electron chi connectivity index (χ3n) is 2.28. The summed E-state index contributed by atoms with van der Waals surface area (Å²) in [6, 6.07) is 6.86. The fraction of sp³-hybridized carbons (Fsp3) is 0.417. The molecule has 7 heteroatoms. The Morgan fingerprint density at radius 3 is 3.11 bits per heavy atom. The third kappa shape index (κ3) is 5.99. The summed E-state index contributed by atoms with van der Waals surface area (Å²) in [5.41, 5.74) is 8.09. The van der Waals surface area contributed by atoms with E-state index in [1.54, 1.807) is 31.2 Å². The van der Waals surface area contributed by atoms with E-state index in [0.717, 1.165) is 0 Å². The van der Waals surface area contributed by atoms with E-state index in [1.165, 1.54) is 0 Å². The molecule has 0 aliphatic heterocycles. The Balaban J connectivity index is 2.34. The van der Waals surface area contributed by atoms with Crippen LogP contribution in [0.5, 0.6) is 5.75 Å². The van der Waals surface area contributed by atoms with Crippen LogP contribution >= 0.6 is 11.6 Å². The molecule has 1 rings (SSSR count). The molecule has 0 aliphatic rings. The quantitative estimate of drug-likeness (QED) is 0.361. The van der Waals surface area contributed by atoms with E-state index in [-0.39, 0.29) is 5.91 Å². The number of carbonyl (C=O) groups is 1. The van der Waals surface area contributed by atoms with Crippen molar-refractivity contribution in [3.63, 3.8) is 0 Å². The van der Waals surface area contributed by atoms with E-state index >= 15 is 0 Å². The summed E-state index contributed by atoms with van der Waals surface area (Å²) < 4.78 is 5.46. The van der Waals surface area contributed by atoms with Crippen LogP contribution in [0.25, 0.3) is 10.4 Å². The summed E-state index contributed by atoms with van der Waals surface area (Å²) in [5.74, 6) is 0.324. The Bertz CT molecular complexity index is 475. The Hall–Kier alpha value is -1.91. The predicted octanol–water partition coefficient (Wildman–Crippen LogP) is 2.92.